The van der Waals surface area contributed by atoms with Gasteiger partial charge in [-0.25, -0.2) is 0 Å². The molecule has 0 aromatic heterocycles. The molecule has 3 atom stereocenters. The number of hydrogen-bond donors (Lipinski definition) is 3. The van der Waals surface area contributed by atoms with Crippen LogP contribution in [0.2, 0.25) is 4.71 Å². The van der Waals surface area contributed by atoms with Crippen molar-refractivity contribution < 1.29 is 18.3 Å². The minimum Gasteiger partial charge on any atom is -0.356 e. The van der Waals surface area contributed by atoms with E-state index >= 15 is 0 Å². The van der Waals surface area contributed by atoms with Crippen molar-refractivity contribution in [2.24, 2.45) is 5.92 Å². The van der Waals surface area contributed by atoms with Crippen LogP contribution >= 0.6 is 0 Å². The molecule has 0 fully saturated rings. The zero-order chi connectivity index (χ0) is 31.5. The van der Waals surface area contributed by atoms with Crippen LogP contribution in [0.4, 0.5) is 11.4 Å². The minimum absolute atomic E-state index is 0.0334. The van der Waals surface area contributed by atoms with Gasteiger partial charge in [-0.05, 0) is 24.3 Å². The third kappa shape index (κ3) is 9.42. The third-order valence-corrected chi connectivity index (χ3v) is 10.6. The van der Waals surface area contributed by atoms with Crippen LogP contribution in [0.5, 0.6) is 0 Å². The average Bonchev–Trinajstić information content (AvgIpc) is 3.02. The van der Waals surface area contributed by atoms with Crippen LogP contribution in [0.25, 0.3) is 10.8 Å². The summed E-state index contributed by atoms with van der Waals surface area (Å²) in [5.41, 5.74) is 2.85. The Hall–Kier alpha value is -3.16. The Balaban J connectivity index is 1.29. The van der Waals surface area contributed by atoms with Gasteiger partial charge in [0.2, 0.25) is 0 Å². The summed E-state index contributed by atoms with van der Waals surface area (Å²) in [6, 6.07) is 30.4. The van der Waals surface area contributed by atoms with Gasteiger partial charge in [-0.2, -0.15) is 0 Å². The first-order chi connectivity index (χ1) is 21.2. The predicted octanol–water partition coefficient (Wildman–Crippen LogP) is 5.54. The number of aliphatic hydroxyl groups is 1. The number of para-hydroxylation sites is 1. The van der Waals surface area contributed by atoms with Crippen LogP contribution < -0.4 is 10.6 Å². The first-order valence-corrected chi connectivity index (χ1v) is 18.1. The molecule has 1 amide bonds. The Morgan fingerprint density at radius 3 is 2.20 bits per heavy atom. The van der Waals surface area contributed by atoms with Crippen molar-refractivity contribution in [3.63, 3.8) is 0 Å². The van der Waals surface area contributed by atoms with Gasteiger partial charge in [0.1, 0.15) is 0 Å². The van der Waals surface area contributed by atoms with Gasteiger partial charge in [-0.1, -0.05) is 18.2 Å². The van der Waals surface area contributed by atoms with E-state index in [4.69, 9.17) is 0 Å². The van der Waals surface area contributed by atoms with Crippen molar-refractivity contribution in [2.75, 3.05) is 25.0 Å². The zero-order valence-corrected chi connectivity index (χ0v) is 28.8. The number of fused-ring (bicyclic) bond motifs is 1. The number of rotatable bonds is 16. The number of nitrogens with zero attached hydrogens (tertiary/aromatic N) is 1. The Labute approximate surface area is 270 Å². The van der Waals surface area contributed by atoms with E-state index < -0.39 is 16.1 Å². The van der Waals surface area contributed by atoms with Crippen molar-refractivity contribution in [3.05, 3.63) is 103 Å². The second-order valence-corrected chi connectivity index (χ2v) is 15.2. The second-order valence-electron chi connectivity index (χ2n) is 11.6. The van der Waals surface area contributed by atoms with Crippen LogP contribution in [0.15, 0.2) is 102 Å². The van der Waals surface area contributed by atoms with E-state index in [1.54, 1.807) is 24.3 Å². The van der Waals surface area contributed by atoms with E-state index in [2.05, 4.69) is 41.0 Å². The topological polar surface area (TPSA) is 98.7 Å². The molecule has 0 aliphatic heterocycles. The number of sulfonamides is 1. The maximum absolute atomic E-state index is 13.8. The SMILES string of the molecule is CC(C)CN([C@H](CO)CCCCNC(=O)[C@@H]([AsH2])Cc1ccc2ccccc2c1)S(=O)(=O)c1ccc(Nc2ccccc2)cc1. The molecule has 7 nitrogen and oxygen atoms in total. The van der Waals surface area contributed by atoms with Crippen molar-refractivity contribution >= 4 is 54.9 Å². The molecule has 0 saturated carbocycles. The summed E-state index contributed by atoms with van der Waals surface area (Å²) in [5, 5.41) is 19.0. The van der Waals surface area contributed by atoms with Gasteiger partial charge in [0, 0.05) is 11.4 Å². The molecule has 234 valence electrons. The third-order valence-electron chi connectivity index (χ3n) is 7.56. The number of carbonyl (C=O) groups excluding carboxylic acids is 1. The first-order valence-electron chi connectivity index (χ1n) is 15.2. The van der Waals surface area contributed by atoms with Gasteiger partial charge in [0.05, 0.1) is 0 Å². The molecule has 0 bridgehead atoms. The Morgan fingerprint density at radius 1 is 0.864 bits per heavy atom. The molecule has 3 N–H and O–H groups in total. The van der Waals surface area contributed by atoms with Crippen LogP contribution in [0, 0.1) is 5.92 Å². The summed E-state index contributed by atoms with van der Waals surface area (Å²) in [7, 11) is -3.83. The number of nitrogens with one attached hydrogen (secondary N) is 2. The van der Waals surface area contributed by atoms with E-state index in [0.29, 0.717) is 38.8 Å². The number of aliphatic hydroxyl groups excluding tert-OH is 1. The van der Waals surface area contributed by atoms with E-state index in [1.807, 2.05) is 56.3 Å². The van der Waals surface area contributed by atoms with Crippen LogP contribution in [0.1, 0.15) is 38.7 Å². The molecule has 0 radical (unpaired) electrons. The molecule has 1 unspecified atom stereocenters. The van der Waals surface area contributed by atoms with Crippen molar-refractivity contribution in [2.45, 2.75) is 55.2 Å². The van der Waals surface area contributed by atoms with Crippen molar-refractivity contribution in [1.82, 2.24) is 9.62 Å². The smallest absolute Gasteiger partial charge is 0.356 e. The maximum atomic E-state index is 13.8. The molecule has 4 aromatic rings. The fourth-order valence-corrected chi connectivity index (χ4v) is 7.85. The van der Waals surface area contributed by atoms with E-state index in [-0.39, 0.29) is 28.0 Å². The summed E-state index contributed by atoms with van der Waals surface area (Å²) in [6.07, 6.45) is 2.57. The molecule has 44 heavy (non-hydrogen) atoms. The fraction of sp³-hybridized carbons (Fsp3) is 0.343. The Morgan fingerprint density at radius 2 is 1.52 bits per heavy atom. The summed E-state index contributed by atoms with van der Waals surface area (Å²) in [5.74, 6) is 0.120. The number of benzene rings is 4. The van der Waals surface area contributed by atoms with Crippen molar-refractivity contribution in [1.29, 1.82) is 0 Å². The Kier molecular flexibility index (Phi) is 12.4. The van der Waals surface area contributed by atoms with Crippen molar-refractivity contribution in [3.8, 4) is 0 Å². The molecular weight excluding hydrogens is 633 g/mol. The molecule has 9 heteroatoms. The van der Waals surface area contributed by atoms with Gasteiger partial charge in [-0.3, -0.25) is 0 Å². The Bertz CT molecular complexity index is 1600. The summed E-state index contributed by atoms with van der Waals surface area (Å²) in [6.45, 7) is 4.50. The number of unbranched alkanes of at least 4 members (excludes halogenated alkanes) is 1. The molecule has 0 heterocycles. The van der Waals surface area contributed by atoms with Crippen LogP contribution in [-0.4, -0.2) is 66.3 Å². The van der Waals surface area contributed by atoms with Gasteiger partial charge >= 0.3 is 212 Å². The molecule has 0 saturated heterocycles. The molecule has 4 aromatic carbocycles. The molecular formula is C35H44AsN3O4S. The molecule has 0 aliphatic carbocycles. The van der Waals surface area contributed by atoms with Gasteiger partial charge in [0.15, 0.2) is 0 Å². The monoisotopic (exact) mass is 677 g/mol. The predicted molar refractivity (Wildman–Crippen MR) is 183 cm³/mol. The van der Waals surface area contributed by atoms with Crippen LogP contribution in [-0.2, 0) is 21.2 Å². The minimum atomic E-state index is -3.83. The molecule has 4 rings (SSSR count). The fourth-order valence-electron chi connectivity index (χ4n) is 5.22. The zero-order valence-electron chi connectivity index (χ0n) is 25.5. The second kappa shape index (κ2) is 16.2. The summed E-state index contributed by atoms with van der Waals surface area (Å²) >= 11 is 1.40. The van der Waals surface area contributed by atoms with E-state index in [0.717, 1.165) is 16.9 Å². The summed E-state index contributed by atoms with van der Waals surface area (Å²) < 4.78 is 28.9. The van der Waals surface area contributed by atoms with Crippen LogP contribution in [0.3, 0.4) is 0 Å². The standard InChI is InChI=1S/C35H44AsN3O4S/c1-26(2)24-39(44(42,43)33-19-17-31(18-20-33)38-30-12-4-3-5-13-30)32(25-40)14-8-9-21-37-35(41)34(36)23-27-15-16-28-10-6-7-11-29(28)22-27/h3-7,10-13,15-20,22,26,32,34,38,40H,8-9,14,21,23-25,36H2,1-2H3,(H,37,41)/t32-,34-/m0/s1. The normalized spacial score (nSPS) is 13.2. The van der Waals surface area contributed by atoms with E-state index in [9.17, 15) is 18.3 Å². The molecule has 0 aliphatic rings. The number of anilines is 2. The molecule has 0 spiro atoms. The first kappa shape index (κ1) is 33.7. The number of hydrogen-bond acceptors (Lipinski definition) is 5. The van der Waals surface area contributed by atoms with Gasteiger partial charge < -0.3 is 5.32 Å². The average molecular weight is 678 g/mol. The number of carbonyl (C=O) groups is 1. The van der Waals surface area contributed by atoms with Gasteiger partial charge in [0.25, 0.3) is 0 Å². The number of amides is 1. The van der Waals surface area contributed by atoms with E-state index in [1.165, 1.54) is 31.9 Å². The van der Waals surface area contributed by atoms with Gasteiger partial charge in [-0.15, -0.1) is 0 Å². The quantitative estimate of drug-likeness (QED) is 0.107. The summed E-state index contributed by atoms with van der Waals surface area (Å²) in [4.78, 5) is 13.0.